The minimum atomic E-state index is -0.306. The van der Waals surface area contributed by atoms with Crippen LogP contribution in [0.1, 0.15) is 25.0 Å². The Labute approximate surface area is 169 Å². The third kappa shape index (κ3) is 4.89. The zero-order valence-electron chi connectivity index (χ0n) is 16.2. The van der Waals surface area contributed by atoms with E-state index in [1.165, 1.54) is 0 Å². The van der Waals surface area contributed by atoms with Crippen LogP contribution in [0.5, 0.6) is 11.5 Å². The Morgan fingerprint density at radius 3 is 2.79 bits per heavy atom. The van der Waals surface area contributed by atoms with E-state index in [-0.39, 0.29) is 24.4 Å². The van der Waals surface area contributed by atoms with Crippen molar-refractivity contribution in [1.29, 1.82) is 0 Å². The van der Waals surface area contributed by atoms with Crippen LogP contribution in [0.25, 0.3) is 0 Å². The van der Waals surface area contributed by atoms with Crippen LogP contribution in [0.4, 0.5) is 5.69 Å². The maximum Gasteiger partial charge on any atom is 0.238 e. The van der Waals surface area contributed by atoms with Crippen LogP contribution in [-0.4, -0.2) is 49.1 Å². The van der Waals surface area contributed by atoms with Crippen molar-refractivity contribution >= 4 is 17.5 Å². The van der Waals surface area contributed by atoms with E-state index in [0.29, 0.717) is 49.2 Å². The minimum Gasteiger partial charge on any atom is -0.490 e. The van der Waals surface area contributed by atoms with Crippen LogP contribution < -0.4 is 20.1 Å². The van der Waals surface area contributed by atoms with Gasteiger partial charge in [-0.3, -0.25) is 14.5 Å². The molecule has 2 aliphatic rings. The second-order valence-corrected chi connectivity index (χ2v) is 7.19. The Hall–Kier alpha value is -3.00. The third-order valence-electron chi connectivity index (χ3n) is 5.06. The number of carbonyl (C=O) groups excluding carboxylic acids is 2. The molecule has 1 aromatic carbocycles. The Balaban J connectivity index is 1.31. The first-order chi connectivity index (χ1) is 14.2. The minimum absolute atomic E-state index is 0.0812. The number of anilines is 1. The van der Waals surface area contributed by atoms with Gasteiger partial charge >= 0.3 is 0 Å². The quantitative estimate of drug-likeness (QED) is 0.773. The van der Waals surface area contributed by atoms with Gasteiger partial charge in [0.2, 0.25) is 11.8 Å². The van der Waals surface area contributed by atoms with Gasteiger partial charge in [0.25, 0.3) is 0 Å². The number of rotatable bonds is 6. The van der Waals surface area contributed by atoms with Gasteiger partial charge in [-0.1, -0.05) is 0 Å². The van der Waals surface area contributed by atoms with E-state index in [2.05, 4.69) is 10.6 Å². The molecule has 3 heterocycles. The van der Waals surface area contributed by atoms with E-state index in [1.54, 1.807) is 30.5 Å². The van der Waals surface area contributed by atoms with Gasteiger partial charge in [-0.25, -0.2) is 0 Å². The molecule has 1 aromatic heterocycles. The molecule has 8 nitrogen and oxygen atoms in total. The van der Waals surface area contributed by atoms with Gasteiger partial charge in [0.15, 0.2) is 11.5 Å². The van der Waals surface area contributed by atoms with E-state index in [9.17, 15) is 9.59 Å². The molecule has 4 rings (SSSR count). The maximum absolute atomic E-state index is 12.5. The molecular weight excluding hydrogens is 374 g/mol. The second kappa shape index (κ2) is 9.00. The maximum atomic E-state index is 12.5. The van der Waals surface area contributed by atoms with Gasteiger partial charge in [0.05, 0.1) is 38.6 Å². The molecule has 2 aliphatic heterocycles. The van der Waals surface area contributed by atoms with Gasteiger partial charge in [-0.15, -0.1) is 0 Å². The highest BCUT2D eigenvalue weighted by Gasteiger charge is 2.31. The molecule has 2 aromatic rings. The molecule has 8 heteroatoms. The fourth-order valence-corrected chi connectivity index (χ4v) is 3.64. The zero-order chi connectivity index (χ0) is 20.1. The summed E-state index contributed by atoms with van der Waals surface area (Å²) in [7, 11) is 0. The van der Waals surface area contributed by atoms with E-state index in [4.69, 9.17) is 13.9 Å². The lowest BCUT2D eigenvalue weighted by Gasteiger charge is -2.23. The first-order valence-electron chi connectivity index (χ1n) is 9.93. The molecule has 1 saturated heterocycles. The standard InChI is InChI=1S/C21H25N3O5/c25-20(23-15-6-7-18-19(12-15)29-11-3-10-28-18)14-24-8-1-5-17(24)21(26)22-13-16-4-2-9-27-16/h2,4,6-7,9,12,17H,1,3,5,8,10-11,13-14H2,(H,22,26)(H,23,25)/t17-/m0/s1. The fraction of sp³-hybridized carbons (Fsp3) is 0.429. The molecule has 1 fully saturated rings. The molecule has 0 saturated carbocycles. The Morgan fingerprint density at radius 2 is 1.97 bits per heavy atom. The Kier molecular flexibility index (Phi) is 6.00. The molecule has 0 radical (unpaired) electrons. The summed E-state index contributed by atoms with van der Waals surface area (Å²) < 4.78 is 16.5. The smallest absolute Gasteiger partial charge is 0.238 e. The van der Waals surface area contributed by atoms with Crippen molar-refractivity contribution in [2.24, 2.45) is 0 Å². The summed E-state index contributed by atoms with van der Waals surface area (Å²) in [6, 6.07) is 8.67. The average molecular weight is 399 g/mol. The van der Waals surface area contributed by atoms with Crippen molar-refractivity contribution in [1.82, 2.24) is 10.2 Å². The second-order valence-electron chi connectivity index (χ2n) is 7.19. The van der Waals surface area contributed by atoms with Crippen molar-refractivity contribution in [3.63, 3.8) is 0 Å². The van der Waals surface area contributed by atoms with E-state index in [1.807, 2.05) is 11.0 Å². The number of amides is 2. The number of nitrogens with zero attached hydrogens (tertiary/aromatic N) is 1. The summed E-state index contributed by atoms with van der Waals surface area (Å²) in [4.78, 5) is 27.0. The fourth-order valence-electron chi connectivity index (χ4n) is 3.64. The van der Waals surface area contributed by atoms with Gasteiger partial charge in [0, 0.05) is 18.2 Å². The summed E-state index contributed by atoms with van der Waals surface area (Å²) in [5.74, 6) is 1.78. The van der Waals surface area contributed by atoms with Crippen molar-refractivity contribution in [3.05, 3.63) is 42.4 Å². The van der Waals surface area contributed by atoms with Crippen LogP contribution in [0.3, 0.4) is 0 Å². The van der Waals surface area contributed by atoms with Crippen LogP contribution in [0, 0.1) is 0 Å². The lowest BCUT2D eigenvalue weighted by molar-refractivity contribution is -0.126. The molecule has 154 valence electrons. The number of ether oxygens (including phenoxy) is 2. The number of nitrogens with one attached hydrogen (secondary N) is 2. The predicted octanol–water partition coefficient (Wildman–Crippen LogP) is 2.16. The SMILES string of the molecule is O=C(CN1CCC[C@H]1C(=O)NCc1ccco1)Nc1ccc2c(c1)OCCCO2. The molecule has 0 bridgehead atoms. The molecule has 29 heavy (non-hydrogen) atoms. The highest BCUT2D eigenvalue weighted by Crippen LogP contribution is 2.32. The van der Waals surface area contributed by atoms with Crippen molar-refractivity contribution < 1.29 is 23.5 Å². The molecular formula is C21H25N3O5. The van der Waals surface area contributed by atoms with E-state index < -0.39 is 0 Å². The summed E-state index contributed by atoms with van der Waals surface area (Å²) in [6.45, 7) is 2.43. The molecule has 2 amide bonds. The van der Waals surface area contributed by atoms with Crippen molar-refractivity contribution in [2.45, 2.75) is 31.8 Å². The van der Waals surface area contributed by atoms with E-state index in [0.717, 1.165) is 19.3 Å². The van der Waals surface area contributed by atoms with Gasteiger partial charge in [-0.2, -0.15) is 0 Å². The van der Waals surface area contributed by atoms with Gasteiger partial charge < -0.3 is 24.5 Å². The monoisotopic (exact) mass is 399 g/mol. The first kappa shape index (κ1) is 19.3. The zero-order valence-corrected chi connectivity index (χ0v) is 16.2. The summed E-state index contributed by atoms with van der Waals surface area (Å²) in [5, 5.41) is 5.77. The summed E-state index contributed by atoms with van der Waals surface area (Å²) in [5.41, 5.74) is 0.650. The van der Waals surface area contributed by atoms with Gasteiger partial charge in [-0.05, 0) is 43.7 Å². The first-order valence-corrected chi connectivity index (χ1v) is 9.93. The lowest BCUT2D eigenvalue weighted by atomic mass is 10.2. The average Bonchev–Trinajstić information content (AvgIpc) is 3.34. The number of carbonyl (C=O) groups is 2. The normalized spacial score (nSPS) is 18.8. The van der Waals surface area contributed by atoms with Crippen LogP contribution >= 0.6 is 0 Å². The van der Waals surface area contributed by atoms with Crippen LogP contribution in [0.15, 0.2) is 41.0 Å². The highest BCUT2D eigenvalue weighted by atomic mass is 16.5. The molecule has 0 unspecified atom stereocenters. The van der Waals surface area contributed by atoms with Crippen molar-refractivity contribution in [3.8, 4) is 11.5 Å². The number of fused-ring (bicyclic) bond motifs is 1. The van der Waals surface area contributed by atoms with Gasteiger partial charge in [0.1, 0.15) is 5.76 Å². The summed E-state index contributed by atoms with van der Waals surface area (Å²) >= 11 is 0. The third-order valence-corrected chi connectivity index (χ3v) is 5.06. The lowest BCUT2D eigenvalue weighted by Crippen LogP contribution is -2.45. The van der Waals surface area contributed by atoms with Crippen LogP contribution in [-0.2, 0) is 16.1 Å². The van der Waals surface area contributed by atoms with E-state index >= 15 is 0 Å². The number of likely N-dealkylation sites (tertiary alicyclic amines) is 1. The van der Waals surface area contributed by atoms with Crippen molar-refractivity contribution in [2.75, 3.05) is 31.6 Å². The molecule has 0 aliphatic carbocycles. The molecule has 1 atom stereocenters. The molecule has 2 N–H and O–H groups in total. The topological polar surface area (TPSA) is 93.0 Å². The Morgan fingerprint density at radius 1 is 1.10 bits per heavy atom. The predicted molar refractivity (Wildman–Crippen MR) is 106 cm³/mol. The molecule has 0 spiro atoms. The number of hydrogen-bond donors (Lipinski definition) is 2. The number of benzene rings is 1. The highest BCUT2D eigenvalue weighted by molar-refractivity contribution is 5.93. The number of furan rings is 1. The number of hydrogen-bond acceptors (Lipinski definition) is 6. The Bertz CT molecular complexity index is 852. The summed E-state index contributed by atoms with van der Waals surface area (Å²) in [6.07, 6.45) is 4.03. The van der Waals surface area contributed by atoms with Crippen LogP contribution in [0.2, 0.25) is 0 Å². The largest absolute Gasteiger partial charge is 0.490 e.